The Morgan fingerprint density at radius 3 is 2.90 bits per heavy atom. The van der Waals surface area contributed by atoms with Crippen LogP contribution in [0.4, 0.5) is 5.82 Å². The molecule has 2 heterocycles. The summed E-state index contributed by atoms with van der Waals surface area (Å²) in [6.45, 7) is 6.27. The molecule has 2 N–H and O–H groups in total. The van der Waals surface area contributed by atoms with Crippen molar-refractivity contribution >= 4 is 23.4 Å². The van der Waals surface area contributed by atoms with E-state index >= 15 is 0 Å². The lowest BCUT2D eigenvalue weighted by Crippen LogP contribution is -2.42. The Balaban J connectivity index is 1.93. The molecule has 0 spiro atoms. The van der Waals surface area contributed by atoms with E-state index in [1.165, 1.54) is 12.3 Å². The van der Waals surface area contributed by atoms with Gasteiger partial charge in [-0.25, -0.2) is 9.78 Å². The van der Waals surface area contributed by atoms with Crippen molar-refractivity contribution in [3.8, 4) is 0 Å². The molecule has 1 aromatic heterocycles. The Labute approximate surface area is 122 Å². The van der Waals surface area contributed by atoms with Crippen LogP contribution >= 0.6 is 11.6 Å². The van der Waals surface area contributed by atoms with Crippen molar-refractivity contribution in [3.05, 3.63) is 22.8 Å². The zero-order chi connectivity index (χ0) is 14.5. The summed E-state index contributed by atoms with van der Waals surface area (Å²) in [5, 5.41) is 12.4. The van der Waals surface area contributed by atoms with Gasteiger partial charge < -0.3 is 15.2 Å². The van der Waals surface area contributed by atoms with Crippen molar-refractivity contribution in [1.82, 2.24) is 9.88 Å². The van der Waals surface area contributed by atoms with Crippen LogP contribution in [0.25, 0.3) is 0 Å². The van der Waals surface area contributed by atoms with Gasteiger partial charge in [0, 0.05) is 31.9 Å². The molecular formula is C13H18ClN3O3. The number of hydrogen-bond donors (Lipinski definition) is 2. The second-order valence-corrected chi connectivity index (χ2v) is 5.23. The molecule has 20 heavy (non-hydrogen) atoms. The molecule has 0 radical (unpaired) electrons. The second-order valence-electron chi connectivity index (χ2n) is 4.82. The van der Waals surface area contributed by atoms with Crippen LogP contribution in [0.2, 0.25) is 5.02 Å². The summed E-state index contributed by atoms with van der Waals surface area (Å²) < 4.78 is 5.30. The first-order chi connectivity index (χ1) is 9.56. The molecule has 0 bridgehead atoms. The Hall–Kier alpha value is -1.37. The first-order valence-corrected chi connectivity index (χ1v) is 6.89. The van der Waals surface area contributed by atoms with Crippen molar-refractivity contribution in [1.29, 1.82) is 0 Å². The lowest BCUT2D eigenvalue weighted by atomic mass is 10.2. The van der Waals surface area contributed by atoms with Crippen molar-refractivity contribution in [2.24, 2.45) is 0 Å². The van der Waals surface area contributed by atoms with E-state index < -0.39 is 5.97 Å². The highest BCUT2D eigenvalue weighted by atomic mass is 35.5. The number of aromatic carboxylic acids is 1. The van der Waals surface area contributed by atoms with Crippen LogP contribution in [0, 0.1) is 0 Å². The van der Waals surface area contributed by atoms with Gasteiger partial charge in [0.05, 0.1) is 23.8 Å². The molecule has 0 saturated carbocycles. The molecule has 2 rings (SSSR count). The van der Waals surface area contributed by atoms with E-state index in [1.54, 1.807) is 0 Å². The molecule has 1 atom stereocenters. The molecule has 1 saturated heterocycles. The van der Waals surface area contributed by atoms with E-state index in [-0.39, 0.29) is 11.6 Å². The third kappa shape index (κ3) is 4.06. The summed E-state index contributed by atoms with van der Waals surface area (Å²) in [4.78, 5) is 17.2. The van der Waals surface area contributed by atoms with Gasteiger partial charge in [-0.1, -0.05) is 11.6 Å². The minimum atomic E-state index is -1.03. The number of pyridine rings is 1. The molecular weight excluding hydrogens is 282 g/mol. The summed E-state index contributed by atoms with van der Waals surface area (Å²) in [7, 11) is 0. The summed E-state index contributed by atoms with van der Waals surface area (Å²) in [6.07, 6.45) is 1.30. The van der Waals surface area contributed by atoms with Crippen LogP contribution in [0.5, 0.6) is 0 Å². The van der Waals surface area contributed by atoms with E-state index in [2.05, 4.69) is 15.2 Å². The lowest BCUT2D eigenvalue weighted by Gasteiger charge is -2.29. The molecule has 1 aromatic rings. The standard InChI is InChI=1S/C13H18ClN3O3/c1-9(8-17-2-4-20-5-3-17)16-12-11(14)6-10(7-15-12)13(18)19/h6-7,9H,2-5,8H2,1H3,(H,15,16)(H,18,19)/t9-/m1/s1. The largest absolute Gasteiger partial charge is 0.478 e. The lowest BCUT2D eigenvalue weighted by molar-refractivity contribution is 0.0368. The van der Waals surface area contributed by atoms with Gasteiger partial charge in [-0.15, -0.1) is 0 Å². The SMILES string of the molecule is C[C@H](CN1CCOCC1)Nc1ncc(C(=O)O)cc1Cl. The number of ether oxygens (including phenoxy) is 1. The van der Waals surface area contributed by atoms with E-state index in [0.717, 1.165) is 32.8 Å². The number of anilines is 1. The zero-order valence-corrected chi connectivity index (χ0v) is 12.1. The van der Waals surface area contributed by atoms with Gasteiger partial charge in [0.2, 0.25) is 0 Å². The van der Waals surface area contributed by atoms with Crippen LogP contribution < -0.4 is 5.32 Å². The number of aromatic nitrogens is 1. The average molecular weight is 300 g/mol. The fraction of sp³-hybridized carbons (Fsp3) is 0.538. The number of hydrogen-bond acceptors (Lipinski definition) is 5. The summed E-state index contributed by atoms with van der Waals surface area (Å²) >= 11 is 6.04. The summed E-state index contributed by atoms with van der Waals surface area (Å²) in [5.74, 6) is -0.523. The molecule has 0 aliphatic carbocycles. The molecule has 1 fully saturated rings. The molecule has 0 aromatic carbocycles. The third-order valence-electron chi connectivity index (χ3n) is 3.11. The first-order valence-electron chi connectivity index (χ1n) is 6.51. The maximum atomic E-state index is 10.8. The van der Waals surface area contributed by atoms with Crippen LogP contribution in [-0.2, 0) is 4.74 Å². The van der Waals surface area contributed by atoms with Gasteiger partial charge in [0.15, 0.2) is 0 Å². The minimum Gasteiger partial charge on any atom is -0.478 e. The summed E-state index contributed by atoms with van der Waals surface area (Å²) in [6, 6.07) is 1.56. The smallest absolute Gasteiger partial charge is 0.337 e. The Morgan fingerprint density at radius 2 is 2.30 bits per heavy atom. The first kappa shape index (κ1) is 15.0. The molecule has 1 aliphatic heterocycles. The Bertz CT molecular complexity index is 478. The molecule has 6 nitrogen and oxygen atoms in total. The van der Waals surface area contributed by atoms with Gasteiger partial charge >= 0.3 is 5.97 Å². The number of nitrogens with zero attached hydrogens (tertiary/aromatic N) is 2. The maximum Gasteiger partial charge on any atom is 0.337 e. The number of rotatable bonds is 5. The molecule has 0 unspecified atom stereocenters. The van der Waals surface area contributed by atoms with Gasteiger partial charge in [-0.05, 0) is 13.0 Å². The van der Waals surface area contributed by atoms with Crippen LogP contribution in [0.1, 0.15) is 17.3 Å². The molecule has 0 amide bonds. The second kappa shape index (κ2) is 6.88. The molecule has 7 heteroatoms. The highest BCUT2D eigenvalue weighted by Gasteiger charge is 2.15. The number of halogens is 1. The van der Waals surface area contributed by atoms with Gasteiger partial charge in [-0.3, -0.25) is 4.90 Å². The predicted octanol–water partition coefficient (Wildman–Crippen LogP) is 1.57. The van der Waals surface area contributed by atoms with Crippen molar-refractivity contribution in [3.63, 3.8) is 0 Å². The molecule has 1 aliphatic rings. The number of morpholine rings is 1. The predicted molar refractivity (Wildman–Crippen MR) is 76.6 cm³/mol. The zero-order valence-electron chi connectivity index (χ0n) is 11.3. The highest BCUT2D eigenvalue weighted by Crippen LogP contribution is 2.21. The molecule has 110 valence electrons. The Kier molecular flexibility index (Phi) is 5.17. The van der Waals surface area contributed by atoms with Crippen LogP contribution in [-0.4, -0.2) is 59.8 Å². The van der Waals surface area contributed by atoms with E-state index in [9.17, 15) is 4.79 Å². The van der Waals surface area contributed by atoms with Crippen molar-refractivity contribution in [2.75, 3.05) is 38.2 Å². The number of nitrogens with one attached hydrogen (secondary N) is 1. The maximum absolute atomic E-state index is 10.8. The Morgan fingerprint density at radius 1 is 1.60 bits per heavy atom. The van der Waals surface area contributed by atoms with Crippen LogP contribution in [0.15, 0.2) is 12.3 Å². The summed E-state index contributed by atoms with van der Waals surface area (Å²) in [5.41, 5.74) is 0.0846. The van der Waals surface area contributed by atoms with Gasteiger partial charge in [-0.2, -0.15) is 0 Å². The van der Waals surface area contributed by atoms with E-state index in [0.29, 0.717) is 10.8 Å². The number of carboxylic acid groups (broad SMARTS) is 1. The average Bonchev–Trinajstić information content (AvgIpc) is 2.42. The quantitative estimate of drug-likeness (QED) is 0.859. The fourth-order valence-corrected chi connectivity index (χ4v) is 2.33. The van der Waals surface area contributed by atoms with Crippen molar-refractivity contribution in [2.45, 2.75) is 13.0 Å². The highest BCUT2D eigenvalue weighted by molar-refractivity contribution is 6.33. The van der Waals surface area contributed by atoms with Gasteiger partial charge in [0.1, 0.15) is 5.82 Å². The fourth-order valence-electron chi connectivity index (χ4n) is 2.11. The van der Waals surface area contributed by atoms with Crippen LogP contribution in [0.3, 0.4) is 0 Å². The third-order valence-corrected chi connectivity index (χ3v) is 3.40. The van der Waals surface area contributed by atoms with E-state index in [4.69, 9.17) is 21.4 Å². The van der Waals surface area contributed by atoms with Crippen molar-refractivity contribution < 1.29 is 14.6 Å². The number of carboxylic acids is 1. The number of carbonyl (C=O) groups is 1. The normalized spacial score (nSPS) is 17.7. The minimum absolute atomic E-state index is 0.0846. The monoisotopic (exact) mass is 299 g/mol. The topological polar surface area (TPSA) is 74.7 Å². The van der Waals surface area contributed by atoms with E-state index in [1.807, 2.05) is 6.92 Å². The van der Waals surface area contributed by atoms with Gasteiger partial charge in [0.25, 0.3) is 0 Å².